The Morgan fingerprint density at radius 3 is 2.48 bits per heavy atom. The monoisotopic (exact) mass is 335 g/mol. The maximum atomic E-state index is 12.0. The quantitative estimate of drug-likeness (QED) is 0.889. The van der Waals surface area contributed by atoms with E-state index in [2.05, 4.69) is 10.3 Å². The minimum Gasteiger partial charge on any atom is -0.496 e. The number of fused-ring (bicyclic) bond motifs is 1. The Balaban J connectivity index is 2.16. The van der Waals surface area contributed by atoms with Crippen molar-refractivity contribution in [1.29, 1.82) is 0 Å². The molecule has 2 heterocycles. The lowest BCUT2D eigenvalue weighted by Crippen LogP contribution is -2.23. The molecule has 0 unspecified atom stereocenters. The maximum Gasteiger partial charge on any atom is 0.226 e. The zero-order valence-corrected chi connectivity index (χ0v) is 13.8. The van der Waals surface area contributed by atoms with Crippen molar-refractivity contribution in [1.82, 2.24) is 4.98 Å². The minimum atomic E-state index is -0.191. The third-order valence-electron chi connectivity index (χ3n) is 3.75. The summed E-state index contributed by atoms with van der Waals surface area (Å²) in [5.74, 6) is 1.99. The summed E-state index contributed by atoms with van der Waals surface area (Å²) in [4.78, 5) is 17.1. The molecule has 1 aliphatic rings. The molecular weight excluding hydrogens is 318 g/mol. The van der Waals surface area contributed by atoms with Crippen LogP contribution in [-0.2, 0) is 4.79 Å². The van der Waals surface area contributed by atoms with Gasteiger partial charge in [-0.05, 0) is 6.07 Å². The first-order valence-electron chi connectivity index (χ1n) is 6.93. The first-order valence-corrected chi connectivity index (χ1v) is 7.75. The van der Waals surface area contributed by atoms with Gasteiger partial charge in [0.2, 0.25) is 5.91 Å². The van der Waals surface area contributed by atoms with E-state index in [0.717, 1.165) is 10.4 Å². The van der Waals surface area contributed by atoms with Gasteiger partial charge < -0.3 is 25.3 Å². The van der Waals surface area contributed by atoms with Crippen LogP contribution in [-0.4, -0.2) is 32.2 Å². The predicted octanol–water partition coefficient (Wildman–Crippen LogP) is 2.23. The fourth-order valence-corrected chi connectivity index (χ4v) is 3.62. The molecule has 0 saturated heterocycles. The van der Waals surface area contributed by atoms with Crippen LogP contribution in [0.3, 0.4) is 0 Å². The highest BCUT2D eigenvalue weighted by Crippen LogP contribution is 2.47. The molecule has 23 heavy (non-hydrogen) atoms. The number of thiazole rings is 1. The molecule has 1 aromatic heterocycles. The Labute approximate surface area is 137 Å². The number of hydrogen-bond acceptors (Lipinski definition) is 7. The van der Waals surface area contributed by atoms with Gasteiger partial charge in [0.15, 0.2) is 16.6 Å². The van der Waals surface area contributed by atoms with Crippen LogP contribution in [0.2, 0.25) is 0 Å². The fraction of sp³-hybridized carbons (Fsp3) is 0.333. The van der Waals surface area contributed by atoms with Gasteiger partial charge in [-0.15, -0.1) is 0 Å². The zero-order chi connectivity index (χ0) is 16.6. The Bertz CT molecular complexity index is 759. The van der Waals surface area contributed by atoms with Crippen LogP contribution < -0.4 is 25.3 Å². The van der Waals surface area contributed by atoms with Crippen molar-refractivity contribution in [2.24, 2.45) is 0 Å². The highest BCUT2D eigenvalue weighted by atomic mass is 32.1. The molecule has 2 aromatic rings. The van der Waals surface area contributed by atoms with E-state index in [9.17, 15) is 4.79 Å². The van der Waals surface area contributed by atoms with Crippen molar-refractivity contribution in [3.8, 4) is 17.2 Å². The van der Waals surface area contributed by atoms with E-state index in [4.69, 9.17) is 19.9 Å². The molecule has 1 amide bonds. The lowest BCUT2D eigenvalue weighted by atomic mass is 9.90. The Hall–Kier alpha value is -2.48. The van der Waals surface area contributed by atoms with E-state index < -0.39 is 0 Å². The third-order valence-corrected chi connectivity index (χ3v) is 4.74. The molecule has 1 aromatic carbocycles. The number of anilines is 2. The Morgan fingerprint density at radius 2 is 1.83 bits per heavy atom. The summed E-state index contributed by atoms with van der Waals surface area (Å²) in [6.07, 6.45) is 0.292. The second-order valence-corrected chi connectivity index (χ2v) is 6.08. The van der Waals surface area contributed by atoms with E-state index in [1.54, 1.807) is 27.4 Å². The summed E-state index contributed by atoms with van der Waals surface area (Å²) in [5, 5.41) is 3.17. The lowest BCUT2D eigenvalue weighted by Gasteiger charge is -2.24. The Kier molecular flexibility index (Phi) is 3.99. The van der Waals surface area contributed by atoms with Gasteiger partial charge in [0.25, 0.3) is 0 Å². The average Bonchev–Trinajstić information content (AvgIpc) is 2.92. The number of ether oxygens (including phenoxy) is 3. The van der Waals surface area contributed by atoms with Gasteiger partial charge in [0.05, 0.1) is 26.2 Å². The third kappa shape index (κ3) is 2.65. The van der Waals surface area contributed by atoms with Crippen LogP contribution in [0.4, 0.5) is 10.9 Å². The Morgan fingerprint density at radius 1 is 1.17 bits per heavy atom. The number of nitrogens with zero attached hydrogens (tertiary/aromatic N) is 1. The molecule has 0 spiro atoms. The molecule has 1 aliphatic heterocycles. The molecule has 122 valence electrons. The molecule has 0 saturated carbocycles. The number of amides is 1. The summed E-state index contributed by atoms with van der Waals surface area (Å²) in [6, 6.07) is 3.59. The summed E-state index contributed by atoms with van der Waals surface area (Å²) in [7, 11) is 4.71. The second kappa shape index (κ2) is 5.96. The van der Waals surface area contributed by atoms with Gasteiger partial charge >= 0.3 is 0 Å². The molecule has 3 rings (SSSR count). The molecule has 0 bridgehead atoms. The highest BCUT2D eigenvalue weighted by molar-refractivity contribution is 7.16. The summed E-state index contributed by atoms with van der Waals surface area (Å²) < 4.78 is 16.2. The van der Waals surface area contributed by atoms with Crippen molar-refractivity contribution in [3.63, 3.8) is 0 Å². The van der Waals surface area contributed by atoms with Crippen molar-refractivity contribution < 1.29 is 19.0 Å². The van der Waals surface area contributed by atoms with Crippen LogP contribution >= 0.6 is 11.3 Å². The second-order valence-electron chi connectivity index (χ2n) is 5.02. The number of carbonyl (C=O) groups excluding carboxylic acids is 1. The minimum absolute atomic E-state index is 0.107. The number of methoxy groups -OCH3 is 3. The zero-order valence-electron chi connectivity index (χ0n) is 13.0. The number of nitrogen functional groups attached to an aromatic ring is 1. The summed E-state index contributed by atoms with van der Waals surface area (Å²) >= 11 is 1.36. The molecule has 0 fully saturated rings. The fourth-order valence-electron chi connectivity index (χ4n) is 2.71. The van der Waals surface area contributed by atoms with Crippen molar-refractivity contribution >= 4 is 28.2 Å². The van der Waals surface area contributed by atoms with Gasteiger partial charge in [0, 0.05) is 24.0 Å². The SMILES string of the molecule is COc1cc(OC)c([C@H]2CC(=O)Nc3nc(N)sc32)cc1OC. The average molecular weight is 335 g/mol. The molecule has 1 atom stereocenters. The predicted molar refractivity (Wildman–Crippen MR) is 87.7 cm³/mol. The van der Waals surface area contributed by atoms with Gasteiger partial charge in [-0.25, -0.2) is 4.98 Å². The summed E-state index contributed by atoms with van der Waals surface area (Å²) in [6.45, 7) is 0. The van der Waals surface area contributed by atoms with Gasteiger partial charge in [-0.2, -0.15) is 0 Å². The topological polar surface area (TPSA) is 95.7 Å². The highest BCUT2D eigenvalue weighted by Gasteiger charge is 2.32. The van der Waals surface area contributed by atoms with Crippen LogP contribution in [0.1, 0.15) is 22.8 Å². The van der Waals surface area contributed by atoms with E-state index >= 15 is 0 Å². The number of nitrogens with two attached hydrogens (primary N) is 1. The van der Waals surface area contributed by atoms with Crippen LogP contribution in [0.25, 0.3) is 0 Å². The van der Waals surface area contributed by atoms with Crippen molar-refractivity contribution in [3.05, 3.63) is 22.6 Å². The van der Waals surface area contributed by atoms with Gasteiger partial charge in [-0.1, -0.05) is 11.3 Å². The molecular formula is C15H17N3O4S. The van der Waals surface area contributed by atoms with Gasteiger partial charge in [0.1, 0.15) is 11.6 Å². The maximum absolute atomic E-state index is 12.0. The lowest BCUT2D eigenvalue weighted by molar-refractivity contribution is -0.116. The van der Waals surface area contributed by atoms with Crippen LogP contribution in [0.15, 0.2) is 12.1 Å². The molecule has 3 N–H and O–H groups in total. The number of nitrogens with one attached hydrogen (secondary N) is 1. The number of carbonyl (C=O) groups is 1. The van der Waals surface area contributed by atoms with E-state index in [1.165, 1.54) is 11.3 Å². The molecule has 8 heteroatoms. The smallest absolute Gasteiger partial charge is 0.226 e. The standard InChI is InChI=1S/C15H17N3O4S/c1-20-9-6-11(22-3)10(21-2)4-7(9)8-5-12(19)17-14-13(8)23-15(16)18-14/h4,6,8H,5H2,1-3H3,(H2,16,18)(H,17,19)/t8-/m1/s1. The van der Waals surface area contributed by atoms with E-state index in [-0.39, 0.29) is 11.8 Å². The first-order chi connectivity index (χ1) is 11.1. The number of hydrogen-bond donors (Lipinski definition) is 2. The van der Waals surface area contributed by atoms with Crippen molar-refractivity contribution in [2.45, 2.75) is 12.3 Å². The normalized spacial score (nSPS) is 16.5. The van der Waals surface area contributed by atoms with E-state index in [1.807, 2.05) is 6.07 Å². The van der Waals surface area contributed by atoms with E-state index in [0.29, 0.717) is 34.6 Å². The van der Waals surface area contributed by atoms with Crippen molar-refractivity contribution in [2.75, 3.05) is 32.4 Å². The first kappa shape index (κ1) is 15.4. The largest absolute Gasteiger partial charge is 0.496 e. The van der Waals surface area contributed by atoms with Gasteiger partial charge in [-0.3, -0.25) is 4.79 Å². The number of rotatable bonds is 4. The molecule has 0 radical (unpaired) electrons. The van der Waals surface area contributed by atoms with Crippen LogP contribution in [0, 0.1) is 0 Å². The van der Waals surface area contributed by atoms with Crippen LogP contribution in [0.5, 0.6) is 17.2 Å². The summed E-state index contributed by atoms with van der Waals surface area (Å²) in [5.41, 5.74) is 6.63. The molecule has 7 nitrogen and oxygen atoms in total. The number of aromatic nitrogens is 1. The molecule has 0 aliphatic carbocycles. The number of benzene rings is 1.